The molecule has 4 nitrogen and oxygen atoms in total. The van der Waals surface area contributed by atoms with Gasteiger partial charge in [0.15, 0.2) is 0 Å². The molecule has 16 heavy (non-hydrogen) atoms. The van der Waals surface area contributed by atoms with Crippen molar-refractivity contribution in [1.29, 1.82) is 0 Å². The zero-order valence-corrected chi connectivity index (χ0v) is 10.7. The third-order valence-electron chi connectivity index (χ3n) is 2.81. The van der Waals surface area contributed by atoms with E-state index in [2.05, 4.69) is 19.2 Å². The minimum Gasteiger partial charge on any atom is -0.377 e. The molecule has 1 aliphatic heterocycles. The number of morpholine rings is 1. The number of ether oxygens (including phenoxy) is 1. The second-order valence-electron chi connectivity index (χ2n) is 4.72. The van der Waals surface area contributed by atoms with Crippen molar-refractivity contribution in [2.24, 2.45) is 0 Å². The van der Waals surface area contributed by atoms with Crippen LogP contribution in [0, 0.1) is 0 Å². The second kappa shape index (κ2) is 6.86. The highest BCUT2D eigenvalue weighted by Gasteiger charge is 2.22. The number of nitrogens with one attached hydrogen (secondary N) is 1. The van der Waals surface area contributed by atoms with Gasteiger partial charge in [-0.25, -0.2) is 0 Å². The molecule has 0 aromatic carbocycles. The highest BCUT2D eigenvalue weighted by Crippen LogP contribution is 2.08. The van der Waals surface area contributed by atoms with Gasteiger partial charge in [0.25, 0.3) is 0 Å². The van der Waals surface area contributed by atoms with Crippen LogP contribution in [-0.2, 0) is 9.53 Å². The Morgan fingerprint density at radius 2 is 2.31 bits per heavy atom. The molecule has 1 heterocycles. The first-order valence-corrected chi connectivity index (χ1v) is 6.22. The molecule has 0 aromatic heterocycles. The minimum absolute atomic E-state index is 0.235. The van der Waals surface area contributed by atoms with E-state index in [9.17, 15) is 4.79 Å². The van der Waals surface area contributed by atoms with E-state index in [1.807, 2.05) is 11.8 Å². The van der Waals surface area contributed by atoms with Crippen molar-refractivity contribution < 1.29 is 9.53 Å². The maximum Gasteiger partial charge on any atom is 0.223 e. The molecule has 0 radical (unpaired) electrons. The highest BCUT2D eigenvalue weighted by molar-refractivity contribution is 5.76. The molecule has 1 N–H and O–H groups in total. The molecule has 0 aromatic rings. The van der Waals surface area contributed by atoms with Crippen LogP contribution >= 0.6 is 0 Å². The maximum absolute atomic E-state index is 11.9. The van der Waals surface area contributed by atoms with Gasteiger partial charge in [-0.15, -0.1) is 0 Å². The zero-order chi connectivity index (χ0) is 12.0. The highest BCUT2D eigenvalue weighted by atomic mass is 16.5. The van der Waals surface area contributed by atoms with Crippen LogP contribution in [0.4, 0.5) is 0 Å². The van der Waals surface area contributed by atoms with Crippen LogP contribution in [0.25, 0.3) is 0 Å². The number of rotatable bonds is 5. The van der Waals surface area contributed by atoms with E-state index in [0.717, 1.165) is 19.5 Å². The summed E-state index contributed by atoms with van der Waals surface area (Å²) < 4.78 is 5.31. The van der Waals surface area contributed by atoms with Crippen LogP contribution in [0.3, 0.4) is 0 Å². The number of nitrogens with zero attached hydrogens (tertiary/aromatic N) is 1. The molecule has 0 bridgehead atoms. The molecule has 0 aliphatic carbocycles. The Labute approximate surface area is 98.3 Å². The van der Waals surface area contributed by atoms with Crippen LogP contribution in [0.15, 0.2) is 0 Å². The van der Waals surface area contributed by atoms with Crippen LogP contribution < -0.4 is 5.32 Å². The predicted octanol–water partition coefficient (Wildman–Crippen LogP) is 1.01. The van der Waals surface area contributed by atoms with Crippen molar-refractivity contribution in [2.45, 2.75) is 45.7 Å². The molecule has 1 rings (SSSR count). The largest absolute Gasteiger partial charge is 0.377 e. The second-order valence-corrected chi connectivity index (χ2v) is 4.72. The maximum atomic E-state index is 11.9. The van der Waals surface area contributed by atoms with Crippen molar-refractivity contribution in [3.63, 3.8) is 0 Å². The van der Waals surface area contributed by atoms with Gasteiger partial charge in [0.1, 0.15) is 0 Å². The zero-order valence-electron chi connectivity index (χ0n) is 10.7. The SMILES string of the molecule is CC(C)NCCCC(=O)N1CCOCC1C. The fourth-order valence-electron chi connectivity index (χ4n) is 1.87. The number of carbonyl (C=O) groups is 1. The van der Waals surface area contributed by atoms with Crippen molar-refractivity contribution in [1.82, 2.24) is 10.2 Å². The van der Waals surface area contributed by atoms with Gasteiger partial charge in [0.2, 0.25) is 5.91 Å². The summed E-state index contributed by atoms with van der Waals surface area (Å²) in [6.45, 7) is 9.30. The van der Waals surface area contributed by atoms with Gasteiger partial charge >= 0.3 is 0 Å². The molecular weight excluding hydrogens is 204 g/mol. The number of hydrogen-bond acceptors (Lipinski definition) is 3. The molecule has 0 spiro atoms. The standard InChI is InChI=1S/C12H24N2O2/c1-10(2)13-6-4-5-12(15)14-7-8-16-9-11(14)3/h10-11,13H,4-9H2,1-3H3. The molecule has 1 aliphatic rings. The van der Waals surface area contributed by atoms with Crippen molar-refractivity contribution in [3.8, 4) is 0 Å². The van der Waals surface area contributed by atoms with Gasteiger partial charge in [0, 0.05) is 19.0 Å². The fraction of sp³-hybridized carbons (Fsp3) is 0.917. The van der Waals surface area contributed by atoms with Gasteiger partial charge in [-0.2, -0.15) is 0 Å². The first kappa shape index (κ1) is 13.5. The molecule has 1 saturated heterocycles. The molecule has 4 heteroatoms. The average Bonchev–Trinajstić information content (AvgIpc) is 2.24. The molecule has 1 unspecified atom stereocenters. The predicted molar refractivity (Wildman–Crippen MR) is 64.4 cm³/mol. The summed E-state index contributed by atoms with van der Waals surface area (Å²) in [5.74, 6) is 0.265. The normalized spacial score (nSPS) is 21.5. The van der Waals surface area contributed by atoms with Crippen LogP contribution in [0.1, 0.15) is 33.6 Å². The first-order valence-electron chi connectivity index (χ1n) is 6.22. The Bertz CT molecular complexity index is 219. The minimum atomic E-state index is 0.235. The summed E-state index contributed by atoms with van der Waals surface area (Å²) in [6.07, 6.45) is 1.56. The van der Waals surface area contributed by atoms with Gasteiger partial charge in [-0.1, -0.05) is 13.8 Å². The van der Waals surface area contributed by atoms with Crippen LogP contribution in [-0.4, -0.2) is 49.2 Å². The number of amides is 1. The van der Waals surface area contributed by atoms with Crippen molar-refractivity contribution >= 4 is 5.91 Å². The van der Waals surface area contributed by atoms with E-state index in [1.54, 1.807) is 0 Å². The first-order chi connectivity index (χ1) is 7.61. The summed E-state index contributed by atoms with van der Waals surface area (Å²) in [5, 5.41) is 3.32. The van der Waals surface area contributed by atoms with E-state index in [0.29, 0.717) is 25.7 Å². The Balaban J connectivity index is 2.18. The van der Waals surface area contributed by atoms with E-state index in [4.69, 9.17) is 4.74 Å². The Morgan fingerprint density at radius 3 is 2.94 bits per heavy atom. The lowest BCUT2D eigenvalue weighted by Gasteiger charge is -2.33. The van der Waals surface area contributed by atoms with Gasteiger partial charge < -0.3 is 15.0 Å². The van der Waals surface area contributed by atoms with E-state index >= 15 is 0 Å². The lowest BCUT2D eigenvalue weighted by molar-refractivity contribution is -0.139. The Hall–Kier alpha value is -0.610. The molecular formula is C12H24N2O2. The smallest absolute Gasteiger partial charge is 0.223 e. The van der Waals surface area contributed by atoms with Crippen LogP contribution in [0.2, 0.25) is 0 Å². The Morgan fingerprint density at radius 1 is 1.56 bits per heavy atom. The van der Waals surface area contributed by atoms with Gasteiger partial charge in [0.05, 0.1) is 19.3 Å². The van der Waals surface area contributed by atoms with Gasteiger partial charge in [-0.05, 0) is 19.9 Å². The van der Waals surface area contributed by atoms with E-state index in [1.165, 1.54) is 0 Å². The molecule has 1 atom stereocenters. The average molecular weight is 228 g/mol. The topological polar surface area (TPSA) is 41.6 Å². The monoisotopic (exact) mass is 228 g/mol. The summed E-state index contributed by atoms with van der Waals surface area (Å²) in [6, 6.07) is 0.733. The summed E-state index contributed by atoms with van der Waals surface area (Å²) >= 11 is 0. The lowest BCUT2D eigenvalue weighted by Crippen LogP contribution is -2.47. The van der Waals surface area contributed by atoms with Gasteiger partial charge in [-0.3, -0.25) is 4.79 Å². The fourth-order valence-corrected chi connectivity index (χ4v) is 1.87. The molecule has 94 valence electrons. The summed E-state index contributed by atoms with van der Waals surface area (Å²) in [4.78, 5) is 13.8. The lowest BCUT2D eigenvalue weighted by atomic mass is 10.2. The van der Waals surface area contributed by atoms with E-state index in [-0.39, 0.29) is 11.9 Å². The van der Waals surface area contributed by atoms with E-state index < -0.39 is 0 Å². The summed E-state index contributed by atoms with van der Waals surface area (Å²) in [5.41, 5.74) is 0. The van der Waals surface area contributed by atoms with Crippen molar-refractivity contribution in [3.05, 3.63) is 0 Å². The Kier molecular flexibility index (Phi) is 5.77. The molecule has 1 fully saturated rings. The van der Waals surface area contributed by atoms with Crippen LogP contribution in [0.5, 0.6) is 0 Å². The molecule has 0 saturated carbocycles. The third-order valence-corrected chi connectivity index (χ3v) is 2.81. The van der Waals surface area contributed by atoms with Crippen molar-refractivity contribution in [2.75, 3.05) is 26.3 Å². The summed E-state index contributed by atoms with van der Waals surface area (Å²) in [7, 11) is 0. The molecule has 1 amide bonds. The quantitative estimate of drug-likeness (QED) is 0.714. The third kappa shape index (κ3) is 4.49. The number of carbonyl (C=O) groups excluding carboxylic acids is 1. The number of hydrogen-bond donors (Lipinski definition) is 1.